The summed E-state index contributed by atoms with van der Waals surface area (Å²) in [7, 11) is -0.153. The third-order valence-electron chi connectivity index (χ3n) is 6.41. The fourth-order valence-electron chi connectivity index (χ4n) is 4.56. The van der Waals surface area contributed by atoms with Crippen LogP contribution in [0.2, 0.25) is 0 Å². The van der Waals surface area contributed by atoms with Crippen LogP contribution in [0.4, 0.5) is 0 Å². The van der Waals surface area contributed by atoms with Gasteiger partial charge in [0.1, 0.15) is 28.9 Å². The molecule has 0 bridgehead atoms. The highest BCUT2D eigenvalue weighted by Crippen LogP contribution is 2.59. The Morgan fingerprint density at radius 1 is 0.625 bits per heavy atom. The highest BCUT2D eigenvalue weighted by Gasteiger charge is 2.46. The minimum Gasteiger partial charge on any atom is -1.00 e. The molecule has 0 heterocycles. The molecule has 4 aromatic rings. The second-order valence-corrected chi connectivity index (χ2v) is 11.6. The molecule has 0 amide bonds. The molecule has 1 nitrogen and oxygen atoms in total. The van der Waals surface area contributed by atoms with Crippen LogP contribution >= 0.6 is 7.26 Å². The van der Waals surface area contributed by atoms with E-state index in [1.54, 1.807) is 7.11 Å². The molecule has 0 fully saturated rings. The van der Waals surface area contributed by atoms with Crippen molar-refractivity contribution in [1.29, 1.82) is 0 Å². The van der Waals surface area contributed by atoms with Crippen molar-refractivity contribution in [3.8, 4) is 5.75 Å². The van der Waals surface area contributed by atoms with Crippen LogP contribution in [0.3, 0.4) is 0 Å². The summed E-state index contributed by atoms with van der Waals surface area (Å²) in [5, 5.41) is 4.25. The maximum atomic E-state index is 5.65. The minimum absolute atomic E-state index is 0. The van der Waals surface area contributed by atoms with Crippen molar-refractivity contribution >= 4 is 23.2 Å². The normalized spacial score (nSPS) is 11.0. The van der Waals surface area contributed by atoms with E-state index >= 15 is 0 Å². The standard InChI is InChI=1S/C29H30OP.ClH/c1-22-20-29(30-4)24(3)23(2)28(22)21-31(25-14-8-5-9-15-25,26-16-10-6-11-17-26)27-18-12-7-13-19-27;/h5-20H,21H2,1-4H3;1H/q+1;/p-1. The number of ether oxygens (including phenoxy) is 1. The van der Waals surface area contributed by atoms with Crippen molar-refractivity contribution in [3.63, 3.8) is 0 Å². The van der Waals surface area contributed by atoms with Gasteiger partial charge in [-0.05, 0) is 85.5 Å². The highest BCUT2D eigenvalue weighted by atomic mass is 35.5. The first kappa shape index (κ1) is 24.1. The van der Waals surface area contributed by atoms with E-state index in [1.165, 1.54) is 38.2 Å². The second kappa shape index (κ2) is 10.3. The lowest BCUT2D eigenvalue weighted by Gasteiger charge is -2.29. The van der Waals surface area contributed by atoms with Crippen molar-refractivity contribution in [2.75, 3.05) is 7.11 Å². The second-order valence-electron chi connectivity index (χ2n) is 8.10. The Hall–Kier alpha value is -2.60. The van der Waals surface area contributed by atoms with Crippen LogP contribution in [0.25, 0.3) is 0 Å². The molecule has 32 heavy (non-hydrogen) atoms. The molecule has 0 saturated carbocycles. The van der Waals surface area contributed by atoms with Gasteiger partial charge in [0, 0.05) is 0 Å². The van der Waals surface area contributed by atoms with E-state index in [4.69, 9.17) is 4.74 Å². The summed E-state index contributed by atoms with van der Waals surface area (Å²) < 4.78 is 5.65. The smallest absolute Gasteiger partial charge is 0.122 e. The fourth-order valence-corrected chi connectivity index (χ4v) is 9.01. The summed E-state index contributed by atoms with van der Waals surface area (Å²) in [6.45, 7) is 6.64. The van der Waals surface area contributed by atoms with Gasteiger partial charge < -0.3 is 17.1 Å². The largest absolute Gasteiger partial charge is 1.00 e. The van der Waals surface area contributed by atoms with E-state index in [-0.39, 0.29) is 12.4 Å². The molecule has 0 aromatic heterocycles. The van der Waals surface area contributed by atoms with Gasteiger partial charge in [-0.3, -0.25) is 0 Å². The molecule has 0 aliphatic heterocycles. The first-order valence-electron chi connectivity index (χ1n) is 10.8. The number of methoxy groups -OCH3 is 1. The van der Waals surface area contributed by atoms with Crippen LogP contribution in [0, 0.1) is 20.8 Å². The topological polar surface area (TPSA) is 9.23 Å². The number of hydrogen-bond acceptors (Lipinski definition) is 1. The zero-order chi connectivity index (χ0) is 21.8. The van der Waals surface area contributed by atoms with Crippen LogP contribution in [-0.2, 0) is 6.16 Å². The van der Waals surface area contributed by atoms with Crippen LogP contribution in [0.15, 0.2) is 97.1 Å². The Bertz CT molecular complexity index is 1060. The first-order chi connectivity index (χ1) is 15.1. The molecule has 0 aliphatic rings. The molecule has 164 valence electrons. The van der Waals surface area contributed by atoms with Gasteiger partial charge in [-0.15, -0.1) is 0 Å². The lowest BCUT2D eigenvalue weighted by molar-refractivity contribution is -0.00000657. The summed E-state index contributed by atoms with van der Waals surface area (Å²) >= 11 is 0. The van der Waals surface area contributed by atoms with E-state index in [1.807, 2.05) is 0 Å². The zero-order valence-electron chi connectivity index (χ0n) is 19.2. The molecule has 0 N–H and O–H groups in total. The third kappa shape index (κ3) is 4.33. The number of benzene rings is 4. The van der Waals surface area contributed by atoms with Gasteiger partial charge in [-0.25, -0.2) is 0 Å². The number of rotatable bonds is 6. The Labute approximate surface area is 199 Å². The first-order valence-corrected chi connectivity index (χ1v) is 12.7. The summed E-state index contributed by atoms with van der Waals surface area (Å²) in [6.07, 6.45) is 0.994. The summed E-state index contributed by atoms with van der Waals surface area (Å²) in [5.74, 6) is 0.974. The Balaban J connectivity index is 0.00000289. The maximum Gasteiger partial charge on any atom is 0.122 e. The molecule has 0 saturated heterocycles. The number of halogens is 1. The van der Waals surface area contributed by atoms with Gasteiger partial charge in [0.2, 0.25) is 0 Å². The molecule has 0 unspecified atom stereocenters. The highest BCUT2D eigenvalue weighted by molar-refractivity contribution is 7.95. The van der Waals surface area contributed by atoms with E-state index in [0.717, 1.165) is 11.9 Å². The van der Waals surface area contributed by atoms with Crippen LogP contribution in [0.1, 0.15) is 22.3 Å². The van der Waals surface area contributed by atoms with Gasteiger partial charge in [0.15, 0.2) is 0 Å². The monoisotopic (exact) mass is 460 g/mol. The molecule has 4 aromatic carbocycles. The average Bonchev–Trinajstić information content (AvgIpc) is 2.83. The molecular formula is C29H30ClOP. The summed E-state index contributed by atoms with van der Waals surface area (Å²) in [5.41, 5.74) is 5.30. The lowest BCUT2D eigenvalue weighted by Crippen LogP contribution is -3.00. The van der Waals surface area contributed by atoms with E-state index < -0.39 is 7.26 Å². The predicted molar refractivity (Wildman–Crippen MR) is 136 cm³/mol. The van der Waals surface area contributed by atoms with Gasteiger partial charge in [0.05, 0.1) is 13.3 Å². The number of hydrogen-bond donors (Lipinski definition) is 0. The molecule has 0 aliphatic carbocycles. The molecule has 0 atom stereocenters. The van der Waals surface area contributed by atoms with Gasteiger partial charge in [0.25, 0.3) is 0 Å². The summed E-state index contributed by atoms with van der Waals surface area (Å²) in [6, 6.07) is 35.5. The van der Waals surface area contributed by atoms with E-state index in [2.05, 4.69) is 118 Å². The van der Waals surface area contributed by atoms with Crippen LogP contribution in [0.5, 0.6) is 5.75 Å². The Morgan fingerprint density at radius 2 is 1.03 bits per heavy atom. The number of aryl methyl sites for hydroxylation is 1. The fraction of sp³-hybridized carbons (Fsp3) is 0.172. The van der Waals surface area contributed by atoms with Crippen molar-refractivity contribution in [2.24, 2.45) is 0 Å². The van der Waals surface area contributed by atoms with Crippen molar-refractivity contribution in [2.45, 2.75) is 26.9 Å². The molecule has 4 rings (SSSR count). The SMILES string of the molecule is COc1cc(C)c(C[P+](c2ccccc2)(c2ccccc2)c2ccccc2)c(C)c1C.[Cl-]. The molecular weight excluding hydrogens is 431 g/mol. The van der Waals surface area contributed by atoms with E-state index in [0.29, 0.717) is 0 Å². The Morgan fingerprint density at radius 3 is 1.41 bits per heavy atom. The molecule has 0 spiro atoms. The predicted octanol–water partition coefficient (Wildman–Crippen LogP) is 3.12. The van der Waals surface area contributed by atoms with Gasteiger partial charge >= 0.3 is 0 Å². The summed E-state index contributed by atoms with van der Waals surface area (Å²) in [4.78, 5) is 0. The molecule has 3 heteroatoms. The Kier molecular flexibility index (Phi) is 7.77. The minimum atomic E-state index is -1.91. The zero-order valence-corrected chi connectivity index (χ0v) is 20.8. The van der Waals surface area contributed by atoms with Gasteiger partial charge in [-0.2, -0.15) is 0 Å². The quantitative estimate of drug-likeness (QED) is 0.402. The van der Waals surface area contributed by atoms with Gasteiger partial charge in [-0.1, -0.05) is 54.6 Å². The van der Waals surface area contributed by atoms with Crippen LogP contribution in [-0.4, -0.2) is 7.11 Å². The maximum absolute atomic E-state index is 5.65. The van der Waals surface area contributed by atoms with Crippen molar-refractivity contribution in [1.82, 2.24) is 0 Å². The van der Waals surface area contributed by atoms with Crippen molar-refractivity contribution in [3.05, 3.63) is 119 Å². The third-order valence-corrected chi connectivity index (χ3v) is 10.7. The van der Waals surface area contributed by atoms with E-state index in [9.17, 15) is 0 Å². The molecule has 0 radical (unpaired) electrons. The van der Waals surface area contributed by atoms with Crippen molar-refractivity contribution < 1.29 is 17.1 Å². The van der Waals surface area contributed by atoms with Crippen LogP contribution < -0.4 is 33.1 Å². The lowest BCUT2D eigenvalue weighted by atomic mass is 9.98. The average molecular weight is 461 g/mol.